The number of hydrogen-bond acceptors (Lipinski definition) is 6. The summed E-state index contributed by atoms with van der Waals surface area (Å²) in [6.07, 6.45) is 3.79. The fraction of sp³-hybridized carbons (Fsp3) is 0.273. The fourth-order valence-electron chi connectivity index (χ4n) is 1.60. The summed E-state index contributed by atoms with van der Waals surface area (Å²) in [5, 5.41) is 0. The largest absolute Gasteiger partial charge is 0.464 e. The standard InChI is InChI=1S/C11H13N5O2/c1-3-7-15-8(10(17)18-2)9(12)16(7)11-13-5-4-6-14-11/h4-6H,3,12H2,1-2H3. The number of nitrogens with zero attached hydrogens (tertiary/aromatic N) is 4. The predicted molar refractivity (Wildman–Crippen MR) is 64.3 cm³/mol. The van der Waals surface area contributed by atoms with Gasteiger partial charge in [-0.15, -0.1) is 0 Å². The number of esters is 1. The SMILES string of the molecule is CCc1nc(C(=O)OC)c(N)n1-c1ncccn1. The summed E-state index contributed by atoms with van der Waals surface area (Å²) in [4.78, 5) is 23.9. The minimum absolute atomic E-state index is 0.0850. The van der Waals surface area contributed by atoms with E-state index in [9.17, 15) is 4.79 Å². The van der Waals surface area contributed by atoms with E-state index in [1.807, 2.05) is 6.92 Å². The molecule has 94 valence electrons. The number of nitrogen functional groups attached to an aromatic ring is 1. The highest BCUT2D eigenvalue weighted by Gasteiger charge is 2.22. The summed E-state index contributed by atoms with van der Waals surface area (Å²) in [6, 6.07) is 1.70. The Balaban J connectivity index is 2.60. The molecule has 2 rings (SSSR count). The van der Waals surface area contributed by atoms with Crippen LogP contribution in [0.1, 0.15) is 23.2 Å². The third-order valence-electron chi connectivity index (χ3n) is 2.43. The van der Waals surface area contributed by atoms with Crippen LogP contribution in [0.15, 0.2) is 18.5 Å². The molecule has 0 radical (unpaired) electrons. The molecule has 0 aliphatic carbocycles. The number of carbonyl (C=O) groups is 1. The summed E-state index contributed by atoms with van der Waals surface area (Å²) >= 11 is 0. The van der Waals surface area contributed by atoms with Gasteiger partial charge in [0.25, 0.3) is 0 Å². The highest BCUT2D eigenvalue weighted by molar-refractivity contribution is 5.92. The molecule has 0 aliphatic rings. The van der Waals surface area contributed by atoms with Gasteiger partial charge >= 0.3 is 5.97 Å². The van der Waals surface area contributed by atoms with Gasteiger partial charge in [0.2, 0.25) is 5.95 Å². The zero-order valence-corrected chi connectivity index (χ0v) is 10.1. The minimum atomic E-state index is -0.572. The molecule has 0 saturated heterocycles. The molecule has 0 spiro atoms. The maximum atomic E-state index is 11.5. The fourth-order valence-corrected chi connectivity index (χ4v) is 1.60. The highest BCUT2D eigenvalue weighted by atomic mass is 16.5. The van der Waals surface area contributed by atoms with E-state index in [-0.39, 0.29) is 11.5 Å². The summed E-state index contributed by atoms with van der Waals surface area (Å²) in [6.45, 7) is 1.91. The molecule has 0 bridgehead atoms. The Labute approximate surface area is 104 Å². The van der Waals surface area contributed by atoms with E-state index in [2.05, 4.69) is 19.7 Å². The van der Waals surface area contributed by atoms with E-state index in [0.717, 1.165) is 0 Å². The number of ether oxygens (including phenoxy) is 1. The van der Waals surface area contributed by atoms with Crippen LogP contribution in [0.3, 0.4) is 0 Å². The van der Waals surface area contributed by atoms with Crippen LogP contribution in [0.25, 0.3) is 5.95 Å². The minimum Gasteiger partial charge on any atom is -0.464 e. The van der Waals surface area contributed by atoms with Crippen molar-refractivity contribution in [1.82, 2.24) is 19.5 Å². The molecule has 0 fully saturated rings. The van der Waals surface area contributed by atoms with Gasteiger partial charge in [0.05, 0.1) is 7.11 Å². The number of carbonyl (C=O) groups excluding carboxylic acids is 1. The van der Waals surface area contributed by atoms with Gasteiger partial charge in [0.15, 0.2) is 5.69 Å². The quantitative estimate of drug-likeness (QED) is 0.797. The Morgan fingerprint density at radius 2 is 2.11 bits per heavy atom. The molecular weight excluding hydrogens is 234 g/mol. The molecule has 7 nitrogen and oxygen atoms in total. The molecule has 0 aromatic carbocycles. The lowest BCUT2D eigenvalue weighted by molar-refractivity contribution is 0.0596. The Kier molecular flexibility index (Phi) is 3.22. The lowest BCUT2D eigenvalue weighted by atomic mass is 10.4. The van der Waals surface area contributed by atoms with Crippen molar-refractivity contribution in [2.24, 2.45) is 0 Å². The molecule has 0 unspecified atom stereocenters. The highest BCUT2D eigenvalue weighted by Crippen LogP contribution is 2.19. The zero-order chi connectivity index (χ0) is 13.1. The number of hydrogen-bond donors (Lipinski definition) is 1. The monoisotopic (exact) mass is 247 g/mol. The van der Waals surface area contributed by atoms with Crippen molar-refractivity contribution >= 4 is 11.8 Å². The van der Waals surface area contributed by atoms with Gasteiger partial charge in [-0.25, -0.2) is 24.3 Å². The molecule has 2 heterocycles. The number of aryl methyl sites for hydroxylation is 1. The first-order valence-corrected chi connectivity index (χ1v) is 5.41. The number of aromatic nitrogens is 4. The lowest BCUT2D eigenvalue weighted by Crippen LogP contribution is -2.10. The summed E-state index contributed by atoms with van der Waals surface area (Å²) in [7, 11) is 1.28. The molecule has 2 N–H and O–H groups in total. The third-order valence-corrected chi connectivity index (χ3v) is 2.43. The molecule has 0 saturated carbocycles. The lowest BCUT2D eigenvalue weighted by Gasteiger charge is -2.05. The molecule has 0 aliphatic heterocycles. The maximum absolute atomic E-state index is 11.5. The second-order valence-electron chi connectivity index (χ2n) is 3.49. The van der Waals surface area contributed by atoms with Crippen LogP contribution >= 0.6 is 0 Å². The third kappa shape index (κ3) is 1.90. The van der Waals surface area contributed by atoms with Crippen LogP contribution in [0.5, 0.6) is 0 Å². The number of imidazole rings is 1. The van der Waals surface area contributed by atoms with Gasteiger partial charge in [-0.1, -0.05) is 6.92 Å². The number of nitrogens with two attached hydrogens (primary N) is 1. The van der Waals surface area contributed by atoms with Crippen LogP contribution in [-0.4, -0.2) is 32.6 Å². The van der Waals surface area contributed by atoms with Gasteiger partial charge in [-0.3, -0.25) is 0 Å². The van der Waals surface area contributed by atoms with Crippen molar-refractivity contribution in [1.29, 1.82) is 0 Å². The smallest absolute Gasteiger partial charge is 0.360 e. The molecule has 2 aromatic heterocycles. The topological polar surface area (TPSA) is 95.9 Å². The van der Waals surface area contributed by atoms with Gasteiger partial charge in [-0.2, -0.15) is 0 Å². The van der Waals surface area contributed by atoms with Crippen LogP contribution in [0.4, 0.5) is 5.82 Å². The van der Waals surface area contributed by atoms with Crippen molar-refractivity contribution in [3.63, 3.8) is 0 Å². The summed E-state index contributed by atoms with van der Waals surface area (Å²) in [5.74, 6) is 0.607. The van der Waals surface area contributed by atoms with E-state index in [4.69, 9.17) is 5.73 Å². The van der Waals surface area contributed by atoms with Crippen molar-refractivity contribution in [3.8, 4) is 5.95 Å². The normalized spacial score (nSPS) is 10.3. The average molecular weight is 247 g/mol. The average Bonchev–Trinajstić information content (AvgIpc) is 2.75. The van der Waals surface area contributed by atoms with Crippen LogP contribution < -0.4 is 5.73 Å². The van der Waals surface area contributed by atoms with Gasteiger partial charge < -0.3 is 10.5 Å². The Morgan fingerprint density at radius 1 is 1.44 bits per heavy atom. The van der Waals surface area contributed by atoms with E-state index >= 15 is 0 Å². The van der Waals surface area contributed by atoms with Crippen molar-refractivity contribution in [2.45, 2.75) is 13.3 Å². The second-order valence-corrected chi connectivity index (χ2v) is 3.49. The second kappa shape index (κ2) is 4.82. The summed E-state index contributed by atoms with van der Waals surface area (Å²) in [5.41, 5.74) is 5.99. The van der Waals surface area contributed by atoms with E-state index < -0.39 is 5.97 Å². The van der Waals surface area contributed by atoms with E-state index in [0.29, 0.717) is 18.2 Å². The number of rotatable bonds is 3. The molecule has 7 heteroatoms. The molecule has 2 aromatic rings. The maximum Gasteiger partial charge on any atom is 0.360 e. The number of methoxy groups -OCH3 is 1. The van der Waals surface area contributed by atoms with Crippen molar-refractivity contribution in [2.75, 3.05) is 12.8 Å². The van der Waals surface area contributed by atoms with E-state index in [1.165, 1.54) is 7.11 Å². The van der Waals surface area contributed by atoms with Crippen LogP contribution in [-0.2, 0) is 11.2 Å². The first-order chi connectivity index (χ1) is 8.69. The van der Waals surface area contributed by atoms with Crippen molar-refractivity contribution < 1.29 is 9.53 Å². The number of anilines is 1. The van der Waals surface area contributed by atoms with Gasteiger partial charge in [0, 0.05) is 18.8 Å². The van der Waals surface area contributed by atoms with Crippen molar-refractivity contribution in [3.05, 3.63) is 30.0 Å². The Morgan fingerprint density at radius 3 is 2.67 bits per heavy atom. The molecule has 0 atom stereocenters. The van der Waals surface area contributed by atoms with Crippen LogP contribution in [0, 0.1) is 0 Å². The predicted octanol–water partition coefficient (Wildman–Crippen LogP) is 0.594. The van der Waals surface area contributed by atoms with Gasteiger partial charge in [-0.05, 0) is 6.07 Å². The zero-order valence-electron chi connectivity index (χ0n) is 10.1. The Hall–Kier alpha value is -2.44. The molecule has 18 heavy (non-hydrogen) atoms. The Bertz CT molecular complexity index is 564. The molecule has 0 amide bonds. The first-order valence-electron chi connectivity index (χ1n) is 5.41. The summed E-state index contributed by atoms with van der Waals surface area (Å²) < 4.78 is 6.18. The van der Waals surface area contributed by atoms with E-state index in [1.54, 1.807) is 23.0 Å². The van der Waals surface area contributed by atoms with Gasteiger partial charge in [0.1, 0.15) is 11.6 Å². The van der Waals surface area contributed by atoms with Crippen LogP contribution in [0.2, 0.25) is 0 Å². The first kappa shape index (κ1) is 12.0. The molecular formula is C11H13N5O2.